The molecule has 16 aromatic rings. The van der Waals surface area contributed by atoms with Gasteiger partial charge in [-0.15, -0.1) is 45.3 Å². The number of phenolic OH excluding ortho intramolecular Hbond substituents is 4. The van der Waals surface area contributed by atoms with Crippen LogP contribution >= 0.6 is 45.3 Å². The van der Waals surface area contributed by atoms with Crippen LogP contribution < -0.4 is 40.2 Å². The molecule has 16 rings (SSSR count). The molecule has 0 radical (unpaired) electrons. The number of benzene rings is 12. The van der Waals surface area contributed by atoms with Crippen molar-refractivity contribution < 1.29 is 62.9 Å². The second-order valence-corrected chi connectivity index (χ2v) is 35.8. The minimum atomic E-state index is -0.354. The van der Waals surface area contributed by atoms with Crippen LogP contribution in [0.3, 0.4) is 0 Å². The van der Waals surface area contributed by atoms with E-state index in [2.05, 4.69) is 61.1 Å². The molecule has 0 bridgehead atoms. The lowest BCUT2D eigenvalue weighted by Crippen LogP contribution is -2.20. The third-order valence-electron chi connectivity index (χ3n) is 22.3. The lowest BCUT2D eigenvalue weighted by molar-refractivity contribution is 0.103. The van der Waals surface area contributed by atoms with Crippen molar-refractivity contribution in [3.8, 4) is 90.5 Å². The van der Waals surface area contributed by atoms with Gasteiger partial charge in [0.15, 0.2) is 0 Å². The van der Waals surface area contributed by atoms with Crippen molar-refractivity contribution in [3.63, 3.8) is 0 Å². The standard InChI is InChI=1S/C28H29NO3S.C27H26FNO3S.2C27H27NO3S/c1-5-29-12-13-32-22-9-6-20(7-10-22)26-23-11-8-21(30)16-24(23)33-28(26)27(31)25-18(3)14-17(2)15-19(25)4;1-4-29-11-12-32-21-8-5-18(6-9-21)25-22-10-7-20(30)15-23(22)33-27(25)26(31)24-16(2)13-19(28)14-17(24)3;1-4-28-14-15-31-21-11-8-19(9-12-21)25-22-13-10-20(29)16-23(22)32-27(25)26(30)24-17(2)6-5-7-18(24)3;1-3-18-7-5-6-8-22(18)26(30)27-25(23-14-11-20(29)17-24(23)32-27)19-9-12-21(13-10-19)31-16-15-28-4-2/h6-11,14-16,29-30H,5,12-13H2,1-4H3;5-10,13-15,29-30H,4,11-12H2,1-3H3;5-13,16,28-29H,4,14-15H2,1-3H3;5-14,17,28-29H,3-4,15-16H2,1-2H3. The first-order valence-electron chi connectivity index (χ1n) is 43.8. The number of likely N-dealkylation sites (N-methyl/N-ethyl adjacent to an activating group) is 4. The van der Waals surface area contributed by atoms with Crippen molar-refractivity contribution in [2.45, 2.75) is 89.5 Å². The van der Waals surface area contributed by atoms with Crippen LogP contribution in [0.2, 0.25) is 0 Å². The number of aryl methyl sites for hydroxylation is 8. The van der Waals surface area contributed by atoms with Crippen molar-refractivity contribution in [1.29, 1.82) is 0 Å². The van der Waals surface area contributed by atoms with Crippen LogP contribution in [0.1, 0.15) is 140 Å². The first-order chi connectivity index (χ1) is 62.9. The molecule has 0 fully saturated rings. The van der Waals surface area contributed by atoms with Crippen molar-refractivity contribution in [2.24, 2.45) is 0 Å². The summed E-state index contributed by atoms with van der Waals surface area (Å²) in [5, 5.41) is 56.7. The average Bonchev–Trinajstić information content (AvgIpc) is 1.62. The van der Waals surface area contributed by atoms with E-state index in [-0.39, 0.29) is 51.9 Å². The lowest BCUT2D eigenvalue weighted by atomic mass is 9.92. The maximum atomic E-state index is 13.8. The average molecular weight is 1810 g/mol. The van der Waals surface area contributed by atoms with Crippen LogP contribution in [0.15, 0.2) is 237 Å². The van der Waals surface area contributed by atoms with Gasteiger partial charge in [0.25, 0.3) is 0 Å². The molecule has 668 valence electrons. The van der Waals surface area contributed by atoms with Crippen molar-refractivity contribution in [1.82, 2.24) is 21.3 Å². The molecule has 4 heterocycles. The smallest absolute Gasteiger partial charge is 0.204 e. The minimum Gasteiger partial charge on any atom is -0.508 e. The Hall–Kier alpha value is -12.7. The number of ketones is 4. The van der Waals surface area contributed by atoms with E-state index < -0.39 is 0 Å². The molecule has 0 amide bonds. The number of ether oxygens (including phenoxy) is 4. The molecule has 0 aliphatic rings. The number of halogens is 1. The summed E-state index contributed by atoms with van der Waals surface area (Å²) in [6.07, 6.45) is 0.794. The molecular formula is C109H109FN4O12S4. The van der Waals surface area contributed by atoms with E-state index in [1.807, 2.05) is 205 Å². The van der Waals surface area contributed by atoms with E-state index in [1.165, 1.54) is 57.5 Å². The molecule has 0 saturated heterocycles. The molecule has 0 saturated carbocycles. The van der Waals surface area contributed by atoms with Gasteiger partial charge in [0.1, 0.15) is 78.2 Å². The predicted octanol–water partition coefficient (Wildman–Crippen LogP) is 24.8. The van der Waals surface area contributed by atoms with Crippen LogP contribution in [-0.4, -0.2) is 122 Å². The molecule has 0 aliphatic carbocycles. The summed E-state index contributed by atoms with van der Waals surface area (Å²) in [4.78, 5) is 57.6. The summed E-state index contributed by atoms with van der Waals surface area (Å²) >= 11 is 5.63. The number of fused-ring (bicyclic) bond motifs is 4. The number of hydrogen-bond acceptors (Lipinski definition) is 20. The number of hydrogen-bond donors (Lipinski definition) is 8. The number of aromatic hydroxyl groups is 4. The Labute approximate surface area is 775 Å². The zero-order valence-corrected chi connectivity index (χ0v) is 78.5. The van der Waals surface area contributed by atoms with Gasteiger partial charge in [-0.1, -0.05) is 143 Å². The van der Waals surface area contributed by atoms with Crippen molar-refractivity contribution >= 4 is 109 Å². The summed E-state index contributed by atoms with van der Waals surface area (Å²) in [5.41, 5.74) is 17.3. The number of carbonyl (C=O) groups excluding carboxylic acids is 4. The third kappa shape index (κ3) is 22.6. The Bertz CT molecular complexity index is 6440. The summed E-state index contributed by atoms with van der Waals surface area (Å²) in [7, 11) is 0. The van der Waals surface area contributed by atoms with Gasteiger partial charge in [0, 0.05) is 111 Å². The lowest BCUT2D eigenvalue weighted by Gasteiger charge is -2.12. The summed E-state index contributed by atoms with van der Waals surface area (Å²) in [6, 6.07) is 72.9. The zero-order chi connectivity index (χ0) is 92.2. The second kappa shape index (κ2) is 44.6. The highest BCUT2D eigenvalue weighted by Crippen LogP contribution is 2.48. The monoisotopic (exact) mass is 1810 g/mol. The predicted molar refractivity (Wildman–Crippen MR) is 534 cm³/mol. The fraction of sp³-hybridized carbons (Fsp3) is 0.229. The highest BCUT2D eigenvalue weighted by molar-refractivity contribution is 7.23. The van der Waals surface area contributed by atoms with Gasteiger partial charge in [-0.2, -0.15) is 0 Å². The van der Waals surface area contributed by atoms with Gasteiger partial charge < -0.3 is 60.6 Å². The molecular weight excluding hydrogens is 1700 g/mol. The van der Waals surface area contributed by atoms with Crippen LogP contribution in [0.25, 0.3) is 84.9 Å². The first-order valence-corrected chi connectivity index (χ1v) is 47.1. The number of nitrogens with one attached hydrogen (secondary N) is 4. The topological polar surface area (TPSA) is 234 Å². The largest absolute Gasteiger partial charge is 0.508 e. The quantitative estimate of drug-likeness (QED) is 0.0141. The number of carbonyl (C=O) groups is 4. The second-order valence-electron chi connectivity index (χ2n) is 31.6. The van der Waals surface area contributed by atoms with Gasteiger partial charge in [-0.3, -0.25) is 19.2 Å². The van der Waals surface area contributed by atoms with Crippen LogP contribution in [0.5, 0.6) is 46.0 Å². The van der Waals surface area contributed by atoms with Crippen LogP contribution in [0, 0.1) is 54.3 Å². The van der Waals surface area contributed by atoms with E-state index in [0.29, 0.717) is 62.6 Å². The molecule has 12 aromatic carbocycles. The summed E-state index contributed by atoms with van der Waals surface area (Å²) in [5.74, 6) is 3.44. The Morgan fingerprint density at radius 1 is 0.308 bits per heavy atom. The Morgan fingerprint density at radius 3 is 0.862 bits per heavy atom. The van der Waals surface area contributed by atoms with E-state index in [1.54, 1.807) is 62.4 Å². The van der Waals surface area contributed by atoms with Crippen molar-refractivity contribution in [2.75, 3.05) is 78.8 Å². The molecule has 8 N–H and O–H groups in total. The minimum absolute atomic E-state index is 0.0160. The Morgan fingerprint density at radius 2 is 0.577 bits per heavy atom. The van der Waals surface area contributed by atoms with Gasteiger partial charge in [-0.05, 0) is 276 Å². The Kier molecular flexibility index (Phi) is 32.5. The SMILES string of the molecule is CCNCCOc1ccc(-c2c(C(=O)c3c(C)cc(C)cc3C)sc3cc(O)ccc23)cc1.CCNCCOc1ccc(-c2c(C(=O)c3c(C)cc(F)cc3C)sc3cc(O)ccc23)cc1.CCNCCOc1ccc(-c2c(C(=O)c3c(C)cccc3C)sc3cc(O)ccc23)cc1.CCNCCOc1ccc(-c2c(C(=O)c3ccccc3CC)sc3cc(O)ccc23)cc1. The molecule has 0 unspecified atom stereocenters. The van der Waals surface area contributed by atoms with Gasteiger partial charge in [0.05, 0.1) is 19.5 Å². The molecule has 21 heteroatoms. The van der Waals surface area contributed by atoms with Gasteiger partial charge in [0.2, 0.25) is 23.1 Å². The van der Waals surface area contributed by atoms with Crippen molar-refractivity contribution in [3.05, 3.63) is 329 Å². The first kappa shape index (κ1) is 94.9. The van der Waals surface area contributed by atoms with Gasteiger partial charge in [-0.25, -0.2) is 4.39 Å². The molecule has 0 aliphatic heterocycles. The molecule has 16 nitrogen and oxygen atoms in total. The Balaban J connectivity index is 0.000000148. The molecule has 130 heavy (non-hydrogen) atoms. The fourth-order valence-electron chi connectivity index (χ4n) is 16.2. The highest BCUT2D eigenvalue weighted by Gasteiger charge is 2.30. The van der Waals surface area contributed by atoms with Gasteiger partial charge >= 0.3 is 0 Å². The fourth-order valence-corrected chi connectivity index (χ4v) is 21.0. The van der Waals surface area contributed by atoms with Crippen LogP contribution in [0.4, 0.5) is 4.39 Å². The summed E-state index contributed by atoms with van der Waals surface area (Å²) in [6.45, 7) is 33.0. The van der Waals surface area contributed by atoms with E-state index in [4.69, 9.17) is 18.9 Å². The van der Waals surface area contributed by atoms with E-state index in [9.17, 15) is 44.0 Å². The zero-order valence-electron chi connectivity index (χ0n) is 75.3. The van der Waals surface area contributed by atoms with Crippen LogP contribution in [-0.2, 0) is 6.42 Å². The molecule has 4 aromatic heterocycles. The summed E-state index contributed by atoms with van der Waals surface area (Å²) < 4.78 is 40.5. The van der Waals surface area contributed by atoms with E-state index >= 15 is 0 Å². The maximum absolute atomic E-state index is 13.8. The third-order valence-corrected chi connectivity index (χ3v) is 26.9. The van der Waals surface area contributed by atoms with E-state index in [0.717, 1.165) is 217 Å². The molecule has 0 spiro atoms. The number of rotatable bonds is 33. The number of thiophene rings is 4. The maximum Gasteiger partial charge on any atom is 0.204 e. The number of phenols is 4. The molecule has 0 atom stereocenters. The highest BCUT2D eigenvalue weighted by atomic mass is 32.1. The normalized spacial score (nSPS) is 11.1.